The first kappa shape index (κ1) is 22.7. The number of halogens is 1. The number of rotatable bonds is 11. The molecular formula is C22H28ClN3O3. The highest BCUT2D eigenvalue weighted by molar-refractivity contribution is 6.32. The lowest BCUT2D eigenvalue weighted by Crippen LogP contribution is -2.34. The van der Waals surface area contributed by atoms with E-state index in [1.165, 1.54) is 0 Å². The zero-order valence-electron chi connectivity index (χ0n) is 16.9. The van der Waals surface area contributed by atoms with Gasteiger partial charge in [-0.2, -0.15) is 0 Å². The number of benzene rings is 2. The Morgan fingerprint density at radius 2 is 1.72 bits per heavy atom. The molecule has 0 aliphatic rings. The maximum atomic E-state index is 12.2. The van der Waals surface area contributed by atoms with Crippen LogP contribution in [-0.4, -0.2) is 49.5 Å². The Bertz CT molecular complexity index is 792. The van der Waals surface area contributed by atoms with Crippen LogP contribution >= 0.6 is 11.6 Å². The summed E-state index contributed by atoms with van der Waals surface area (Å²) in [5, 5.41) is 6.22. The second-order valence-electron chi connectivity index (χ2n) is 6.44. The fraction of sp³-hybridized carbons (Fsp3) is 0.364. The monoisotopic (exact) mass is 417 g/mol. The van der Waals surface area contributed by atoms with Gasteiger partial charge in [-0.3, -0.25) is 9.59 Å². The molecule has 2 N–H and O–H groups in total. The fourth-order valence-electron chi connectivity index (χ4n) is 2.71. The van der Waals surface area contributed by atoms with Gasteiger partial charge in [-0.15, -0.1) is 0 Å². The Kier molecular flexibility index (Phi) is 9.47. The van der Waals surface area contributed by atoms with Crippen molar-refractivity contribution in [2.45, 2.75) is 20.3 Å². The molecule has 6 nitrogen and oxygen atoms in total. The molecule has 0 aliphatic carbocycles. The number of carbonyl (C=O) groups is 2. The summed E-state index contributed by atoms with van der Waals surface area (Å²) in [7, 11) is 0. The molecule has 0 saturated heterocycles. The molecule has 0 aliphatic heterocycles. The van der Waals surface area contributed by atoms with E-state index in [1.807, 2.05) is 12.1 Å². The molecule has 0 fully saturated rings. The minimum Gasteiger partial charge on any atom is -0.491 e. The van der Waals surface area contributed by atoms with Crippen molar-refractivity contribution >= 4 is 29.1 Å². The van der Waals surface area contributed by atoms with Crippen LogP contribution in [0.1, 0.15) is 30.6 Å². The molecule has 2 rings (SSSR count). The molecule has 0 unspecified atom stereocenters. The Labute approximate surface area is 177 Å². The number of likely N-dealkylation sites (N-methyl/N-ethyl adjacent to an activating group) is 1. The van der Waals surface area contributed by atoms with Crippen molar-refractivity contribution in [1.82, 2.24) is 10.2 Å². The summed E-state index contributed by atoms with van der Waals surface area (Å²) < 4.78 is 5.52. The second-order valence-corrected chi connectivity index (χ2v) is 6.84. The number of hydrogen-bond donors (Lipinski definition) is 2. The van der Waals surface area contributed by atoms with E-state index in [9.17, 15) is 9.59 Å². The highest BCUT2D eigenvalue weighted by Gasteiger charge is 2.08. The topological polar surface area (TPSA) is 70.7 Å². The summed E-state index contributed by atoms with van der Waals surface area (Å²) >= 11 is 6.01. The first-order valence-electron chi connectivity index (χ1n) is 9.81. The van der Waals surface area contributed by atoms with Crippen LogP contribution in [0.4, 0.5) is 5.69 Å². The summed E-state index contributed by atoms with van der Waals surface area (Å²) in [6, 6.07) is 14.0. The SMILES string of the molecule is CCN(CC)CCNC(=O)c1ccc(NC(=O)CCOc2ccccc2Cl)cc1. The zero-order valence-corrected chi connectivity index (χ0v) is 17.7. The molecule has 0 aromatic heterocycles. The highest BCUT2D eigenvalue weighted by atomic mass is 35.5. The van der Waals surface area contributed by atoms with Gasteiger partial charge in [0.25, 0.3) is 5.91 Å². The van der Waals surface area contributed by atoms with Gasteiger partial charge in [0.1, 0.15) is 5.75 Å². The number of hydrogen-bond acceptors (Lipinski definition) is 4. The van der Waals surface area contributed by atoms with Gasteiger partial charge in [0.05, 0.1) is 18.1 Å². The van der Waals surface area contributed by atoms with Crippen LogP contribution < -0.4 is 15.4 Å². The third-order valence-corrected chi connectivity index (χ3v) is 4.77. The third-order valence-electron chi connectivity index (χ3n) is 4.46. The van der Waals surface area contributed by atoms with Gasteiger partial charge < -0.3 is 20.3 Å². The molecule has 0 atom stereocenters. The summed E-state index contributed by atoms with van der Waals surface area (Å²) in [6.45, 7) is 7.77. The van der Waals surface area contributed by atoms with Crippen molar-refractivity contribution in [2.24, 2.45) is 0 Å². The number of amides is 2. The lowest BCUT2D eigenvalue weighted by atomic mass is 10.2. The molecule has 0 saturated carbocycles. The van der Waals surface area contributed by atoms with E-state index >= 15 is 0 Å². The lowest BCUT2D eigenvalue weighted by Gasteiger charge is -2.18. The van der Waals surface area contributed by atoms with Crippen LogP contribution in [-0.2, 0) is 4.79 Å². The van der Waals surface area contributed by atoms with Crippen molar-refractivity contribution in [1.29, 1.82) is 0 Å². The number of ether oxygens (including phenoxy) is 1. The Morgan fingerprint density at radius 3 is 2.38 bits per heavy atom. The smallest absolute Gasteiger partial charge is 0.251 e. The average molecular weight is 418 g/mol. The molecule has 29 heavy (non-hydrogen) atoms. The van der Waals surface area contributed by atoms with E-state index in [0.717, 1.165) is 19.6 Å². The lowest BCUT2D eigenvalue weighted by molar-refractivity contribution is -0.116. The minimum absolute atomic E-state index is 0.122. The maximum Gasteiger partial charge on any atom is 0.251 e. The second kappa shape index (κ2) is 12.1. The maximum absolute atomic E-state index is 12.2. The molecule has 2 amide bonds. The molecule has 0 heterocycles. The first-order chi connectivity index (χ1) is 14.0. The van der Waals surface area contributed by atoms with Gasteiger partial charge in [-0.05, 0) is 49.5 Å². The third kappa shape index (κ3) is 7.75. The Balaban J connectivity index is 1.74. The van der Waals surface area contributed by atoms with Crippen molar-refractivity contribution in [3.63, 3.8) is 0 Å². The van der Waals surface area contributed by atoms with E-state index in [0.29, 0.717) is 28.6 Å². The first-order valence-corrected chi connectivity index (χ1v) is 10.2. The van der Waals surface area contributed by atoms with Gasteiger partial charge in [-0.1, -0.05) is 37.6 Å². The number of anilines is 1. The van der Waals surface area contributed by atoms with Gasteiger partial charge >= 0.3 is 0 Å². The Hall–Kier alpha value is -2.57. The quantitative estimate of drug-likeness (QED) is 0.583. The highest BCUT2D eigenvalue weighted by Crippen LogP contribution is 2.23. The van der Waals surface area contributed by atoms with E-state index in [2.05, 4.69) is 29.4 Å². The van der Waals surface area contributed by atoms with Crippen LogP contribution in [0.2, 0.25) is 5.02 Å². The van der Waals surface area contributed by atoms with Gasteiger partial charge in [0, 0.05) is 24.3 Å². The molecule has 7 heteroatoms. The molecule has 156 valence electrons. The summed E-state index contributed by atoms with van der Waals surface area (Å²) in [4.78, 5) is 26.5. The minimum atomic E-state index is -0.173. The fourth-order valence-corrected chi connectivity index (χ4v) is 2.90. The summed E-state index contributed by atoms with van der Waals surface area (Å²) in [5.41, 5.74) is 1.19. The standard InChI is InChI=1S/C22H28ClN3O3/c1-3-26(4-2)15-14-24-22(28)17-9-11-18(12-10-17)25-21(27)13-16-29-20-8-6-5-7-19(20)23/h5-12H,3-4,13-16H2,1-2H3,(H,24,28)(H,25,27). The van der Waals surface area contributed by atoms with Crippen molar-refractivity contribution in [3.8, 4) is 5.75 Å². The number of carbonyl (C=O) groups excluding carboxylic acids is 2. The zero-order chi connectivity index (χ0) is 21.1. The molecule has 2 aromatic rings. The van der Waals surface area contributed by atoms with Crippen molar-refractivity contribution in [2.75, 3.05) is 38.1 Å². The predicted molar refractivity (Wildman–Crippen MR) is 117 cm³/mol. The average Bonchev–Trinajstić information content (AvgIpc) is 2.73. The molecule has 0 radical (unpaired) electrons. The van der Waals surface area contributed by atoms with Gasteiger partial charge in [-0.25, -0.2) is 0 Å². The van der Waals surface area contributed by atoms with Crippen LogP contribution in [0.25, 0.3) is 0 Å². The summed E-state index contributed by atoms with van der Waals surface area (Å²) in [6.07, 6.45) is 0.193. The van der Waals surface area contributed by atoms with Crippen LogP contribution in [0.15, 0.2) is 48.5 Å². The molecule has 2 aromatic carbocycles. The largest absolute Gasteiger partial charge is 0.491 e. The molecular weight excluding hydrogens is 390 g/mol. The van der Waals surface area contributed by atoms with E-state index in [1.54, 1.807) is 36.4 Å². The normalized spacial score (nSPS) is 10.6. The van der Waals surface area contributed by atoms with E-state index in [4.69, 9.17) is 16.3 Å². The van der Waals surface area contributed by atoms with E-state index in [-0.39, 0.29) is 24.8 Å². The van der Waals surface area contributed by atoms with Gasteiger partial charge in [0.2, 0.25) is 5.91 Å². The Morgan fingerprint density at radius 1 is 1.03 bits per heavy atom. The predicted octanol–water partition coefficient (Wildman–Crippen LogP) is 3.82. The van der Waals surface area contributed by atoms with Crippen LogP contribution in [0.5, 0.6) is 5.75 Å². The molecule has 0 bridgehead atoms. The number of nitrogens with one attached hydrogen (secondary N) is 2. The number of nitrogens with zero attached hydrogens (tertiary/aromatic N) is 1. The van der Waals surface area contributed by atoms with Crippen molar-refractivity contribution < 1.29 is 14.3 Å². The van der Waals surface area contributed by atoms with Gasteiger partial charge in [0.15, 0.2) is 0 Å². The van der Waals surface area contributed by atoms with Crippen LogP contribution in [0.3, 0.4) is 0 Å². The summed E-state index contributed by atoms with van der Waals surface area (Å²) in [5.74, 6) is 0.259. The van der Waals surface area contributed by atoms with Crippen LogP contribution in [0, 0.1) is 0 Å². The number of para-hydroxylation sites is 1. The van der Waals surface area contributed by atoms with Crippen molar-refractivity contribution in [3.05, 3.63) is 59.1 Å². The molecule has 0 spiro atoms. The van der Waals surface area contributed by atoms with E-state index < -0.39 is 0 Å².